The highest BCUT2D eigenvalue weighted by molar-refractivity contribution is 5.86. The number of aromatic nitrogens is 1. The van der Waals surface area contributed by atoms with Crippen LogP contribution in [0.15, 0.2) is 30.5 Å². The molecular weight excluding hydrogens is 354 g/mol. The molecule has 150 valence electrons. The minimum Gasteiger partial charge on any atom is -0.490 e. The monoisotopic (exact) mass is 383 g/mol. The average molecular weight is 383 g/mol. The van der Waals surface area contributed by atoms with Crippen LogP contribution in [-0.4, -0.2) is 65.9 Å². The lowest BCUT2D eigenvalue weighted by molar-refractivity contribution is 0.0361. The quantitative estimate of drug-likeness (QED) is 0.813. The predicted octanol–water partition coefficient (Wildman–Crippen LogP) is 3.35. The minimum atomic E-state index is 0.154. The van der Waals surface area contributed by atoms with E-state index in [4.69, 9.17) is 9.47 Å². The van der Waals surface area contributed by atoms with Gasteiger partial charge in [-0.1, -0.05) is 6.07 Å². The van der Waals surface area contributed by atoms with Crippen LogP contribution in [0.5, 0.6) is 5.75 Å². The maximum Gasteiger partial charge on any atom is 0.320 e. The summed E-state index contributed by atoms with van der Waals surface area (Å²) in [7, 11) is 0. The number of ether oxygens (including phenoxy) is 2. The molecule has 2 aliphatic heterocycles. The number of benzene rings is 1. The number of fused-ring (bicyclic) bond motifs is 1. The molecule has 6 nitrogen and oxygen atoms in total. The molecule has 1 aliphatic carbocycles. The summed E-state index contributed by atoms with van der Waals surface area (Å²) in [6.45, 7) is 5.35. The maximum atomic E-state index is 12.6. The van der Waals surface area contributed by atoms with Crippen LogP contribution < -0.4 is 4.74 Å². The SMILES string of the molecule is O=C(N1CCOCC1)N1CCC(Oc2cccc3c2ccn3CC2CC2)CC1. The van der Waals surface area contributed by atoms with Gasteiger partial charge in [0.05, 0.1) is 18.7 Å². The fourth-order valence-corrected chi connectivity index (χ4v) is 4.33. The zero-order valence-corrected chi connectivity index (χ0v) is 16.4. The molecule has 1 aromatic heterocycles. The Bertz CT molecular complexity index is 831. The molecule has 1 saturated carbocycles. The van der Waals surface area contributed by atoms with Crippen molar-refractivity contribution >= 4 is 16.9 Å². The number of hydrogen-bond donors (Lipinski definition) is 0. The van der Waals surface area contributed by atoms with Crippen LogP contribution in [0.4, 0.5) is 4.79 Å². The van der Waals surface area contributed by atoms with Crippen molar-refractivity contribution in [2.75, 3.05) is 39.4 Å². The summed E-state index contributed by atoms with van der Waals surface area (Å²) in [5.41, 5.74) is 1.27. The second-order valence-corrected chi connectivity index (χ2v) is 8.29. The summed E-state index contributed by atoms with van der Waals surface area (Å²) < 4.78 is 14.1. The normalized spacial score (nSPS) is 21.3. The highest BCUT2D eigenvalue weighted by atomic mass is 16.5. The number of carbonyl (C=O) groups is 1. The van der Waals surface area contributed by atoms with Crippen LogP contribution >= 0.6 is 0 Å². The fourth-order valence-electron chi connectivity index (χ4n) is 4.33. The Balaban J connectivity index is 1.20. The number of carbonyl (C=O) groups excluding carboxylic acids is 1. The highest BCUT2D eigenvalue weighted by Crippen LogP contribution is 2.34. The molecule has 2 aromatic rings. The van der Waals surface area contributed by atoms with Gasteiger partial charge in [-0.25, -0.2) is 4.79 Å². The van der Waals surface area contributed by atoms with Crippen molar-refractivity contribution in [3.05, 3.63) is 30.5 Å². The zero-order chi connectivity index (χ0) is 18.9. The molecule has 3 fully saturated rings. The van der Waals surface area contributed by atoms with Gasteiger partial charge in [-0.05, 0) is 37.0 Å². The van der Waals surface area contributed by atoms with Crippen molar-refractivity contribution in [3.8, 4) is 5.75 Å². The van der Waals surface area contributed by atoms with Gasteiger partial charge in [0.2, 0.25) is 0 Å². The first-order valence-electron chi connectivity index (χ1n) is 10.6. The summed E-state index contributed by atoms with van der Waals surface area (Å²) in [6, 6.07) is 8.70. The summed E-state index contributed by atoms with van der Waals surface area (Å²) >= 11 is 0. The van der Waals surface area contributed by atoms with E-state index < -0.39 is 0 Å². The Morgan fingerprint density at radius 2 is 1.75 bits per heavy atom. The Morgan fingerprint density at radius 1 is 1.00 bits per heavy atom. The van der Waals surface area contributed by atoms with E-state index in [0.29, 0.717) is 26.3 Å². The number of piperidine rings is 1. The largest absolute Gasteiger partial charge is 0.490 e. The first-order chi connectivity index (χ1) is 13.8. The standard InChI is InChI=1S/C22H29N3O3/c26-22(24-12-14-27-15-13-24)23-9-6-18(7-10-23)28-21-3-1-2-20-19(21)8-11-25(20)16-17-4-5-17/h1-3,8,11,17-18H,4-7,9-10,12-16H2. The van der Waals surface area contributed by atoms with Gasteiger partial charge in [0.25, 0.3) is 0 Å². The van der Waals surface area contributed by atoms with Crippen LogP contribution in [0.3, 0.4) is 0 Å². The van der Waals surface area contributed by atoms with Gasteiger partial charge in [-0.15, -0.1) is 0 Å². The molecule has 0 unspecified atom stereocenters. The van der Waals surface area contributed by atoms with E-state index >= 15 is 0 Å². The number of urea groups is 1. The smallest absolute Gasteiger partial charge is 0.320 e. The lowest BCUT2D eigenvalue weighted by Crippen LogP contribution is -2.51. The van der Waals surface area contributed by atoms with E-state index in [-0.39, 0.29) is 12.1 Å². The number of likely N-dealkylation sites (tertiary alicyclic amines) is 1. The van der Waals surface area contributed by atoms with Crippen molar-refractivity contribution in [1.29, 1.82) is 0 Å². The van der Waals surface area contributed by atoms with E-state index in [1.165, 1.54) is 23.7 Å². The number of nitrogens with zero attached hydrogens (tertiary/aromatic N) is 3. The molecule has 2 amide bonds. The van der Waals surface area contributed by atoms with E-state index in [1.54, 1.807) is 0 Å². The van der Waals surface area contributed by atoms with Gasteiger partial charge in [-0.2, -0.15) is 0 Å². The third kappa shape index (κ3) is 3.70. The number of amides is 2. The zero-order valence-electron chi connectivity index (χ0n) is 16.4. The van der Waals surface area contributed by atoms with Crippen molar-refractivity contribution in [1.82, 2.24) is 14.4 Å². The van der Waals surface area contributed by atoms with E-state index in [2.05, 4.69) is 35.0 Å². The van der Waals surface area contributed by atoms with Gasteiger partial charge in [0.1, 0.15) is 11.9 Å². The average Bonchev–Trinajstić information content (AvgIpc) is 3.47. The number of rotatable bonds is 4. The molecule has 3 heterocycles. The maximum absolute atomic E-state index is 12.6. The Morgan fingerprint density at radius 3 is 2.50 bits per heavy atom. The summed E-state index contributed by atoms with van der Waals surface area (Å²) in [5.74, 6) is 1.83. The van der Waals surface area contributed by atoms with Gasteiger partial charge >= 0.3 is 6.03 Å². The molecule has 0 atom stereocenters. The lowest BCUT2D eigenvalue weighted by Gasteiger charge is -2.37. The third-order valence-corrected chi connectivity index (χ3v) is 6.21. The van der Waals surface area contributed by atoms with Gasteiger partial charge in [0.15, 0.2) is 0 Å². The van der Waals surface area contributed by atoms with Gasteiger partial charge in [0, 0.05) is 57.1 Å². The van der Waals surface area contributed by atoms with Crippen LogP contribution in [0.25, 0.3) is 10.9 Å². The molecule has 3 aliphatic rings. The Hall–Kier alpha value is -2.21. The molecule has 28 heavy (non-hydrogen) atoms. The highest BCUT2D eigenvalue weighted by Gasteiger charge is 2.28. The van der Waals surface area contributed by atoms with Crippen LogP contribution in [0.2, 0.25) is 0 Å². The first kappa shape index (κ1) is 17.9. The lowest BCUT2D eigenvalue weighted by atomic mass is 10.1. The molecular formula is C22H29N3O3. The summed E-state index contributed by atoms with van der Waals surface area (Å²) in [6.07, 6.45) is 6.85. The minimum absolute atomic E-state index is 0.154. The second kappa shape index (κ2) is 7.66. The molecule has 5 rings (SSSR count). The van der Waals surface area contributed by atoms with Crippen molar-refractivity contribution in [2.24, 2.45) is 5.92 Å². The van der Waals surface area contributed by atoms with E-state index in [9.17, 15) is 4.79 Å². The van der Waals surface area contributed by atoms with Crippen molar-refractivity contribution in [2.45, 2.75) is 38.3 Å². The topological polar surface area (TPSA) is 46.9 Å². The molecule has 2 saturated heterocycles. The molecule has 1 aromatic carbocycles. The summed E-state index contributed by atoms with van der Waals surface area (Å²) in [5, 5.41) is 1.20. The summed E-state index contributed by atoms with van der Waals surface area (Å²) in [4.78, 5) is 16.5. The van der Waals surface area contributed by atoms with Crippen LogP contribution in [0, 0.1) is 5.92 Å². The molecule has 0 N–H and O–H groups in total. The fraction of sp³-hybridized carbons (Fsp3) is 0.591. The van der Waals surface area contributed by atoms with Crippen LogP contribution in [-0.2, 0) is 11.3 Å². The Labute approximate surface area is 166 Å². The Kier molecular flexibility index (Phi) is 4.89. The van der Waals surface area contributed by atoms with Crippen LogP contribution in [0.1, 0.15) is 25.7 Å². The third-order valence-electron chi connectivity index (χ3n) is 6.21. The molecule has 6 heteroatoms. The van der Waals surface area contributed by atoms with Gasteiger partial charge < -0.3 is 23.8 Å². The first-order valence-corrected chi connectivity index (χ1v) is 10.6. The second-order valence-electron chi connectivity index (χ2n) is 8.29. The number of morpholine rings is 1. The molecule has 0 spiro atoms. The van der Waals surface area contributed by atoms with Gasteiger partial charge in [-0.3, -0.25) is 0 Å². The van der Waals surface area contributed by atoms with Crippen molar-refractivity contribution in [3.63, 3.8) is 0 Å². The van der Waals surface area contributed by atoms with E-state index in [1.807, 2.05) is 9.80 Å². The molecule has 0 radical (unpaired) electrons. The van der Waals surface area contributed by atoms with Crippen molar-refractivity contribution < 1.29 is 14.3 Å². The van der Waals surface area contributed by atoms with E-state index in [0.717, 1.165) is 44.1 Å². The molecule has 0 bridgehead atoms. The number of hydrogen-bond acceptors (Lipinski definition) is 3. The predicted molar refractivity (Wildman–Crippen MR) is 108 cm³/mol.